The molecule has 5 aromatic heterocycles. The van der Waals surface area contributed by atoms with Gasteiger partial charge in [-0.15, -0.1) is 35.7 Å². The third-order valence-electron chi connectivity index (χ3n) is 8.43. The SMILES string of the molecule is C1=C[N-]/C(=C\c2cnc(/C=C3/C=CC=C[N-]3)cn2)C=C1.[Ir+3].[Ir+3].[c-]1ccccc1-n1cccn1.[c-]1ccccc1-n1cccn1.[c-]1ccccc1-n1cccn1.[c-]1ccccc1-n1cccn1. The fraction of sp³-hybridized carbons (Fsp3) is 0. The zero-order chi connectivity index (χ0) is 43.7. The van der Waals surface area contributed by atoms with Crippen molar-refractivity contribution in [3.8, 4) is 22.7 Å². The first kappa shape index (κ1) is 49.2. The van der Waals surface area contributed by atoms with Crippen LogP contribution in [0.3, 0.4) is 0 Å². The Morgan fingerprint density at radius 2 is 0.712 bits per heavy atom. The molecule has 9 aromatic rings. The van der Waals surface area contributed by atoms with Gasteiger partial charge in [0.15, 0.2) is 0 Å². The van der Waals surface area contributed by atoms with Gasteiger partial charge >= 0.3 is 40.2 Å². The van der Waals surface area contributed by atoms with Crippen LogP contribution in [0.1, 0.15) is 11.4 Å². The minimum Gasteiger partial charge on any atom is -0.664 e. The molecule has 0 spiro atoms. The Balaban J connectivity index is 0.000000158. The van der Waals surface area contributed by atoms with Gasteiger partial charge in [0, 0.05) is 49.6 Å². The van der Waals surface area contributed by atoms with Crippen molar-refractivity contribution >= 4 is 12.2 Å². The van der Waals surface area contributed by atoms with Gasteiger partial charge in [0.25, 0.3) is 0 Å². The van der Waals surface area contributed by atoms with Gasteiger partial charge in [-0.1, -0.05) is 36.5 Å². The van der Waals surface area contributed by atoms with Crippen LogP contribution in [0.2, 0.25) is 0 Å². The number of nitrogens with zero attached hydrogens (tertiary/aromatic N) is 12. The predicted molar refractivity (Wildman–Crippen MR) is 251 cm³/mol. The van der Waals surface area contributed by atoms with Gasteiger partial charge in [-0.2, -0.15) is 130 Å². The van der Waals surface area contributed by atoms with E-state index in [0.29, 0.717) is 0 Å². The molecule has 0 N–H and O–H groups in total. The Morgan fingerprint density at radius 3 is 0.924 bits per heavy atom. The van der Waals surface area contributed by atoms with Gasteiger partial charge in [-0.05, 0) is 59.2 Å². The summed E-state index contributed by atoms with van der Waals surface area (Å²) in [7, 11) is 0. The summed E-state index contributed by atoms with van der Waals surface area (Å²) in [6, 6.07) is 50.8. The average Bonchev–Trinajstić information content (AvgIpc) is 4.25. The summed E-state index contributed by atoms with van der Waals surface area (Å²) in [5, 5.41) is 24.7. The molecule has 0 saturated carbocycles. The standard InChI is InChI=1S/C16H12N4.4C9H7N2.2Ir/c1-3-7-17-13(5-1)9-15-11-20-16(12-19-15)10-14-6-2-4-8-18-14;4*1-2-5-9(6-3-1)11-8-4-7-10-11;;/h1-12H;4*1-5,7-8H;;/q-2;4*-1;2*+3/b13-9-,14-10-;;;;;;. The molecule has 12 nitrogen and oxygen atoms in total. The number of benzene rings is 4. The van der Waals surface area contributed by atoms with E-state index in [9.17, 15) is 0 Å². The first-order chi connectivity index (χ1) is 31.8. The van der Waals surface area contributed by atoms with Crippen molar-refractivity contribution < 1.29 is 40.2 Å². The quantitative estimate of drug-likeness (QED) is 0.153. The Kier molecular flexibility index (Phi) is 20.9. The number of para-hydroxylation sites is 4. The molecule has 2 aliphatic rings. The summed E-state index contributed by atoms with van der Waals surface area (Å²) in [6.45, 7) is 0. The largest absolute Gasteiger partial charge is 3.00 e. The van der Waals surface area contributed by atoms with Gasteiger partial charge in [0.2, 0.25) is 0 Å². The van der Waals surface area contributed by atoms with Crippen molar-refractivity contribution in [3.05, 3.63) is 290 Å². The maximum absolute atomic E-state index is 4.35. The number of allylic oxidation sites excluding steroid dienone is 6. The molecule has 0 bridgehead atoms. The van der Waals surface area contributed by atoms with Crippen molar-refractivity contribution in [2.75, 3.05) is 0 Å². The van der Waals surface area contributed by atoms with E-state index in [0.717, 1.165) is 45.5 Å². The molecule has 0 unspecified atom stereocenters. The molecule has 14 heteroatoms. The molecule has 0 aliphatic carbocycles. The second-order valence-electron chi connectivity index (χ2n) is 13.0. The molecule has 0 saturated heterocycles. The van der Waals surface area contributed by atoms with Crippen molar-refractivity contribution in [1.82, 2.24) is 49.1 Å². The van der Waals surface area contributed by atoms with E-state index < -0.39 is 0 Å². The van der Waals surface area contributed by atoms with Crippen molar-refractivity contribution in [3.63, 3.8) is 0 Å². The molecule has 4 aromatic carbocycles. The molecular weight excluding hydrogens is 1180 g/mol. The smallest absolute Gasteiger partial charge is 0.664 e. The number of hydrogen-bond donors (Lipinski definition) is 0. The van der Waals surface area contributed by atoms with Crippen molar-refractivity contribution in [2.45, 2.75) is 0 Å². The molecule has 326 valence electrons. The third kappa shape index (κ3) is 16.4. The van der Waals surface area contributed by atoms with Crippen molar-refractivity contribution in [2.24, 2.45) is 0 Å². The van der Waals surface area contributed by atoms with E-state index in [2.05, 4.69) is 65.3 Å². The molecule has 7 heterocycles. The molecule has 0 atom stereocenters. The maximum atomic E-state index is 4.35. The summed E-state index contributed by atoms with van der Waals surface area (Å²) in [6.07, 6.45) is 36.8. The molecule has 0 radical (unpaired) electrons. The van der Waals surface area contributed by atoms with Gasteiger partial charge in [-0.3, -0.25) is 28.7 Å². The molecule has 0 amide bonds. The van der Waals surface area contributed by atoms with Crippen LogP contribution in [0, 0.1) is 24.3 Å². The molecule has 11 rings (SSSR count). The van der Waals surface area contributed by atoms with E-state index in [4.69, 9.17) is 0 Å². The second-order valence-corrected chi connectivity index (χ2v) is 13.0. The summed E-state index contributed by atoms with van der Waals surface area (Å²) < 4.78 is 7.11. The Hall–Kier alpha value is -7.86. The zero-order valence-electron chi connectivity index (χ0n) is 35.1. The van der Waals surface area contributed by atoms with Crippen LogP contribution in [0.25, 0.3) is 45.5 Å². The molecule has 2 aliphatic heterocycles. The van der Waals surface area contributed by atoms with E-state index in [1.54, 1.807) is 68.3 Å². The zero-order valence-corrected chi connectivity index (χ0v) is 39.9. The second kappa shape index (κ2) is 28.0. The fourth-order valence-corrected chi connectivity index (χ4v) is 5.47. The summed E-state index contributed by atoms with van der Waals surface area (Å²) in [5.74, 6) is 0. The van der Waals surface area contributed by atoms with Gasteiger partial charge in [0.1, 0.15) is 0 Å². The van der Waals surface area contributed by atoms with Gasteiger partial charge in [0.05, 0.1) is 23.8 Å². The average molecular weight is 1220 g/mol. The number of hydrogen-bond acceptors (Lipinski definition) is 6. The Morgan fingerprint density at radius 1 is 0.394 bits per heavy atom. The Labute approximate surface area is 411 Å². The maximum Gasteiger partial charge on any atom is 3.00 e. The first-order valence-corrected chi connectivity index (χ1v) is 20.0. The minimum atomic E-state index is 0. The van der Waals surface area contributed by atoms with E-state index in [1.165, 1.54) is 0 Å². The molecule has 66 heavy (non-hydrogen) atoms. The number of rotatable bonds is 6. The van der Waals surface area contributed by atoms with Crippen LogP contribution < -0.4 is 0 Å². The van der Waals surface area contributed by atoms with Crippen LogP contribution >= 0.6 is 0 Å². The Bertz CT molecular complexity index is 2480. The summed E-state index contributed by atoms with van der Waals surface area (Å²) >= 11 is 0. The van der Waals surface area contributed by atoms with Gasteiger partial charge < -0.3 is 10.6 Å². The molecular formula is C52H40Ir2N12. The molecule has 0 fully saturated rings. The third-order valence-corrected chi connectivity index (χ3v) is 8.43. The van der Waals surface area contributed by atoms with Crippen LogP contribution in [0.5, 0.6) is 0 Å². The monoisotopic (exact) mass is 1220 g/mol. The van der Waals surface area contributed by atoms with Crippen LogP contribution in [-0.2, 0) is 40.2 Å². The van der Waals surface area contributed by atoms with E-state index in [-0.39, 0.29) is 40.2 Å². The summed E-state index contributed by atoms with van der Waals surface area (Å²) in [5.41, 5.74) is 7.17. The predicted octanol–water partition coefficient (Wildman–Crippen LogP) is 10.8. The first-order valence-electron chi connectivity index (χ1n) is 20.0. The van der Waals surface area contributed by atoms with Gasteiger partial charge in [-0.25, -0.2) is 0 Å². The van der Waals surface area contributed by atoms with Crippen molar-refractivity contribution in [1.29, 1.82) is 0 Å². The van der Waals surface area contributed by atoms with E-state index >= 15 is 0 Å². The minimum absolute atomic E-state index is 0. The van der Waals surface area contributed by atoms with Crippen LogP contribution in [0.15, 0.2) is 244 Å². The van der Waals surface area contributed by atoms with E-state index in [1.807, 2.05) is 195 Å². The fourth-order valence-electron chi connectivity index (χ4n) is 5.47. The number of aromatic nitrogens is 10. The topological polar surface area (TPSA) is 125 Å². The summed E-state index contributed by atoms with van der Waals surface area (Å²) in [4.78, 5) is 8.71. The van der Waals surface area contributed by atoms with Crippen LogP contribution in [0.4, 0.5) is 0 Å². The normalized spacial score (nSPS) is 12.7. The van der Waals surface area contributed by atoms with Crippen LogP contribution in [-0.4, -0.2) is 49.1 Å².